The third kappa shape index (κ3) is 9.17. The van der Waals surface area contributed by atoms with Crippen LogP contribution in [0.4, 0.5) is 0 Å². The molecule has 2 heterocycles. The molecule has 2 aromatic rings. The van der Waals surface area contributed by atoms with Crippen LogP contribution in [0.3, 0.4) is 0 Å². The SMILES string of the molecule is C=CC1=C(c2ccc(-c3ccccc3)cc2)C=CCN1C(P)=C(C(=O)CC)C(CC)C1CCCC(CCCC2=C=CC=C(C)C(CC)O2)CC1. The molecule has 5 rings (SSSR count). The van der Waals surface area contributed by atoms with Crippen LogP contribution in [-0.2, 0) is 9.53 Å². The van der Waals surface area contributed by atoms with Crippen LogP contribution in [0.25, 0.3) is 16.7 Å². The number of rotatable bonds is 14. The van der Waals surface area contributed by atoms with Gasteiger partial charge >= 0.3 is 0 Å². The van der Waals surface area contributed by atoms with E-state index in [1.165, 1.54) is 55.2 Å². The predicted molar refractivity (Wildman–Crippen MR) is 215 cm³/mol. The second kappa shape index (κ2) is 18.6. The Kier molecular flexibility index (Phi) is 14.0. The number of carbonyl (C=O) groups is 1. The third-order valence-electron chi connectivity index (χ3n) is 11.1. The highest BCUT2D eigenvalue weighted by Gasteiger charge is 2.33. The Bertz CT molecular complexity index is 1670. The average molecular weight is 688 g/mol. The van der Waals surface area contributed by atoms with Crippen molar-refractivity contribution in [2.75, 3.05) is 6.54 Å². The maximum Gasteiger partial charge on any atom is 0.160 e. The molecule has 1 fully saturated rings. The smallest absolute Gasteiger partial charge is 0.160 e. The Balaban J connectivity index is 1.31. The summed E-state index contributed by atoms with van der Waals surface area (Å²) in [4.78, 5) is 16.2. The van der Waals surface area contributed by atoms with Crippen LogP contribution >= 0.6 is 9.24 Å². The Labute approximate surface area is 304 Å². The molecule has 0 aromatic heterocycles. The second-order valence-electron chi connectivity index (χ2n) is 14.2. The number of hydrogen-bond acceptors (Lipinski definition) is 3. The quantitative estimate of drug-likeness (QED) is 0.0857. The normalized spacial score (nSPS) is 22.1. The van der Waals surface area contributed by atoms with Gasteiger partial charge in [0.1, 0.15) is 11.9 Å². The highest BCUT2D eigenvalue weighted by Crippen LogP contribution is 2.42. The summed E-state index contributed by atoms with van der Waals surface area (Å²) in [5, 5.41) is 0. The number of hydrogen-bond donors (Lipinski definition) is 0. The molecule has 3 aliphatic rings. The van der Waals surface area contributed by atoms with Gasteiger partial charge in [0.2, 0.25) is 0 Å². The zero-order valence-electron chi connectivity index (χ0n) is 30.9. The zero-order valence-corrected chi connectivity index (χ0v) is 32.1. The lowest BCUT2D eigenvalue weighted by atomic mass is 9.77. The molecule has 0 N–H and O–H groups in total. The summed E-state index contributed by atoms with van der Waals surface area (Å²) < 4.78 is 6.30. The molecule has 5 unspecified atom stereocenters. The molecule has 4 heteroatoms. The van der Waals surface area contributed by atoms with Gasteiger partial charge in [0, 0.05) is 41.7 Å². The maximum atomic E-state index is 13.9. The summed E-state index contributed by atoms with van der Waals surface area (Å²) in [6.45, 7) is 13.6. The first-order valence-electron chi connectivity index (χ1n) is 19.2. The van der Waals surface area contributed by atoms with Gasteiger partial charge in [-0.2, -0.15) is 0 Å². The zero-order chi connectivity index (χ0) is 35.5. The van der Waals surface area contributed by atoms with Crippen molar-refractivity contribution in [1.29, 1.82) is 0 Å². The molecule has 50 heavy (non-hydrogen) atoms. The van der Waals surface area contributed by atoms with Gasteiger partial charge in [-0.05, 0) is 97.6 Å². The fourth-order valence-electron chi connectivity index (χ4n) is 8.28. The molecule has 1 aliphatic carbocycles. The van der Waals surface area contributed by atoms with E-state index in [-0.39, 0.29) is 17.8 Å². The largest absolute Gasteiger partial charge is 0.482 e. The molecule has 0 saturated heterocycles. The van der Waals surface area contributed by atoms with Crippen molar-refractivity contribution >= 4 is 20.6 Å². The lowest BCUT2D eigenvalue weighted by Crippen LogP contribution is -2.29. The molecule has 0 radical (unpaired) electrons. The molecule has 264 valence electrons. The first-order valence-corrected chi connectivity index (χ1v) is 19.7. The van der Waals surface area contributed by atoms with Crippen molar-refractivity contribution in [2.45, 2.75) is 104 Å². The molecular formula is C46H58NO2P. The second-order valence-corrected chi connectivity index (χ2v) is 14.8. The lowest BCUT2D eigenvalue weighted by molar-refractivity contribution is -0.116. The van der Waals surface area contributed by atoms with Crippen LogP contribution in [0.1, 0.15) is 104 Å². The summed E-state index contributed by atoms with van der Waals surface area (Å²) in [7, 11) is 3.01. The molecule has 1 saturated carbocycles. The number of nitrogens with zero attached hydrogens (tertiary/aromatic N) is 1. The molecule has 3 nitrogen and oxygen atoms in total. The van der Waals surface area contributed by atoms with Crippen molar-refractivity contribution in [2.24, 2.45) is 17.8 Å². The number of ketones is 1. The van der Waals surface area contributed by atoms with E-state index in [1.54, 1.807) is 0 Å². The van der Waals surface area contributed by atoms with Crippen molar-refractivity contribution in [3.8, 4) is 11.1 Å². The molecule has 0 amide bonds. The minimum atomic E-state index is 0.174. The van der Waals surface area contributed by atoms with Gasteiger partial charge in [-0.25, -0.2) is 0 Å². The van der Waals surface area contributed by atoms with E-state index in [4.69, 9.17) is 4.74 Å². The Morgan fingerprint density at radius 2 is 1.76 bits per heavy atom. The van der Waals surface area contributed by atoms with E-state index in [2.05, 4.69) is 120 Å². The molecular weight excluding hydrogens is 629 g/mol. The van der Waals surface area contributed by atoms with Gasteiger partial charge in [0.05, 0.1) is 0 Å². The van der Waals surface area contributed by atoms with Crippen molar-refractivity contribution in [3.05, 3.63) is 131 Å². The van der Waals surface area contributed by atoms with Crippen LogP contribution in [0.2, 0.25) is 0 Å². The van der Waals surface area contributed by atoms with E-state index in [0.29, 0.717) is 12.3 Å². The van der Waals surface area contributed by atoms with Gasteiger partial charge in [-0.15, -0.1) is 0 Å². The molecule has 0 bridgehead atoms. The van der Waals surface area contributed by atoms with Gasteiger partial charge in [-0.3, -0.25) is 4.79 Å². The predicted octanol–water partition coefficient (Wildman–Crippen LogP) is 12.4. The van der Waals surface area contributed by atoms with Crippen LogP contribution in [-0.4, -0.2) is 23.3 Å². The molecule has 2 aliphatic heterocycles. The van der Waals surface area contributed by atoms with Crippen molar-refractivity contribution in [1.82, 2.24) is 4.90 Å². The minimum Gasteiger partial charge on any atom is -0.482 e. The summed E-state index contributed by atoms with van der Waals surface area (Å²) in [6.07, 6.45) is 22.7. The standard InChI is InChI=1S/C46H58NO2P/c1-6-40(37-22-14-18-34(26-27-37)19-15-24-39-23-13-17-33(5)44(9-4)49-39)45(43(48)8-3)46(50)47-32-16-25-41(42(47)7-2)38-30-28-36(29-31-38)35-20-11-10-12-21-35/h7,10-13,16-17,20-21,25,28-31,34,37,40,44H,2,6,8-9,14-15,18-19,22,24,26-27,32,50H2,1,3-5H3. The van der Waals surface area contributed by atoms with Crippen LogP contribution in [0, 0.1) is 17.8 Å². The Morgan fingerprint density at radius 1 is 1.02 bits per heavy atom. The van der Waals surface area contributed by atoms with E-state index >= 15 is 0 Å². The van der Waals surface area contributed by atoms with Crippen LogP contribution in [0.15, 0.2) is 125 Å². The van der Waals surface area contributed by atoms with Gasteiger partial charge in [0.25, 0.3) is 0 Å². The topological polar surface area (TPSA) is 29.5 Å². The fourth-order valence-corrected chi connectivity index (χ4v) is 8.90. The number of allylic oxidation sites excluding steroid dienone is 6. The third-order valence-corrected chi connectivity index (χ3v) is 11.7. The van der Waals surface area contributed by atoms with Gasteiger partial charge in [0.15, 0.2) is 5.78 Å². The van der Waals surface area contributed by atoms with E-state index < -0.39 is 0 Å². The van der Waals surface area contributed by atoms with E-state index in [1.807, 2.05) is 19.1 Å². The number of ether oxygens (including phenoxy) is 1. The summed E-state index contributed by atoms with van der Waals surface area (Å²) in [6, 6.07) is 19.3. The molecule has 2 aromatic carbocycles. The maximum absolute atomic E-state index is 13.9. The number of Topliss-reactive ketones (excluding diaryl/α,β-unsaturated/α-hetero) is 1. The summed E-state index contributed by atoms with van der Waals surface area (Å²) in [5.41, 5.74) is 12.4. The van der Waals surface area contributed by atoms with E-state index in [0.717, 1.165) is 71.7 Å². The van der Waals surface area contributed by atoms with Crippen LogP contribution in [0.5, 0.6) is 0 Å². The summed E-state index contributed by atoms with van der Waals surface area (Å²) in [5.74, 6) is 2.78. The van der Waals surface area contributed by atoms with Crippen molar-refractivity contribution in [3.63, 3.8) is 0 Å². The van der Waals surface area contributed by atoms with Crippen LogP contribution < -0.4 is 0 Å². The lowest BCUT2D eigenvalue weighted by Gasteiger charge is -2.35. The Hall–Kier alpha value is -3.64. The van der Waals surface area contributed by atoms with E-state index in [9.17, 15) is 4.79 Å². The van der Waals surface area contributed by atoms with Crippen molar-refractivity contribution < 1.29 is 9.53 Å². The minimum absolute atomic E-state index is 0.174. The number of benzene rings is 2. The first-order chi connectivity index (χ1) is 24.4. The summed E-state index contributed by atoms with van der Waals surface area (Å²) >= 11 is 0. The Morgan fingerprint density at radius 3 is 2.46 bits per heavy atom. The highest BCUT2D eigenvalue weighted by molar-refractivity contribution is 7.22. The first kappa shape index (κ1) is 37.6. The monoisotopic (exact) mass is 687 g/mol. The highest BCUT2D eigenvalue weighted by atomic mass is 31.0. The fraction of sp³-hybridized carbons (Fsp3) is 0.435. The van der Waals surface area contributed by atoms with Gasteiger partial charge in [-0.1, -0.05) is 134 Å². The average Bonchev–Trinajstić information content (AvgIpc) is 3.50. The molecule has 5 atom stereocenters. The van der Waals surface area contributed by atoms with Gasteiger partial charge < -0.3 is 9.64 Å². The number of carbonyl (C=O) groups excluding carboxylic acids is 1. The molecule has 0 spiro atoms.